The minimum Gasteiger partial charge on any atom is -0.322 e. The summed E-state index contributed by atoms with van der Waals surface area (Å²) in [5.41, 5.74) is 3.75. The van der Waals surface area contributed by atoms with E-state index in [0.717, 1.165) is 41.2 Å². The van der Waals surface area contributed by atoms with E-state index in [9.17, 15) is 9.59 Å². The van der Waals surface area contributed by atoms with E-state index in [4.69, 9.17) is 4.98 Å². The SMILES string of the molecule is CCn1c(C(C)N2CCN(C(=O)Nc3c(C)cccc3C)CC2)nc2ccccc2c1=O. The highest BCUT2D eigenvalue weighted by Gasteiger charge is 2.27. The van der Waals surface area contributed by atoms with Crippen LogP contribution < -0.4 is 10.9 Å². The summed E-state index contributed by atoms with van der Waals surface area (Å²) in [4.78, 5) is 34.8. The molecule has 1 N–H and O–H groups in total. The molecule has 1 aliphatic heterocycles. The summed E-state index contributed by atoms with van der Waals surface area (Å²) >= 11 is 0. The average Bonchev–Trinajstić information content (AvgIpc) is 2.81. The number of benzene rings is 2. The van der Waals surface area contributed by atoms with E-state index in [2.05, 4.69) is 17.1 Å². The van der Waals surface area contributed by atoms with Crippen molar-refractivity contribution in [3.63, 3.8) is 0 Å². The monoisotopic (exact) mass is 433 g/mol. The van der Waals surface area contributed by atoms with Crippen LogP contribution in [-0.2, 0) is 6.54 Å². The Balaban J connectivity index is 1.48. The molecule has 7 nitrogen and oxygen atoms in total. The molecule has 7 heteroatoms. The van der Waals surface area contributed by atoms with Crippen molar-refractivity contribution < 1.29 is 4.79 Å². The minimum atomic E-state index is -0.0657. The molecule has 2 heterocycles. The molecule has 0 spiro atoms. The Labute approximate surface area is 188 Å². The van der Waals surface area contributed by atoms with Crippen molar-refractivity contribution in [3.8, 4) is 0 Å². The highest BCUT2D eigenvalue weighted by atomic mass is 16.2. The third-order valence-electron chi connectivity index (χ3n) is 6.44. The highest BCUT2D eigenvalue weighted by Crippen LogP contribution is 2.23. The zero-order chi connectivity index (χ0) is 22.8. The molecule has 1 aliphatic rings. The van der Waals surface area contributed by atoms with E-state index in [1.54, 1.807) is 4.57 Å². The van der Waals surface area contributed by atoms with Gasteiger partial charge in [0.05, 0.1) is 16.9 Å². The van der Waals surface area contributed by atoms with Crippen LogP contribution >= 0.6 is 0 Å². The van der Waals surface area contributed by atoms with Gasteiger partial charge in [-0.25, -0.2) is 9.78 Å². The molecular formula is C25H31N5O2. The number of rotatable bonds is 4. The maximum absolute atomic E-state index is 13.0. The van der Waals surface area contributed by atoms with Crippen molar-refractivity contribution >= 4 is 22.6 Å². The molecule has 2 amide bonds. The molecule has 0 radical (unpaired) electrons. The zero-order valence-corrected chi connectivity index (χ0v) is 19.3. The van der Waals surface area contributed by atoms with Crippen LogP contribution in [0.15, 0.2) is 47.3 Å². The van der Waals surface area contributed by atoms with Crippen LogP contribution in [0.4, 0.5) is 10.5 Å². The van der Waals surface area contributed by atoms with Crippen LogP contribution in [0, 0.1) is 13.8 Å². The Morgan fingerprint density at radius 1 is 1.03 bits per heavy atom. The Morgan fingerprint density at radius 2 is 1.69 bits per heavy atom. The maximum atomic E-state index is 13.0. The Bertz CT molecular complexity index is 1170. The van der Waals surface area contributed by atoms with Crippen molar-refractivity contribution in [1.82, 2.24) is 19.4 Å². The fourth-order valence-electron chi connectivity index (χ4n) is 4.48. The number of hydrogen-bond acceptors (Lipinski definition) is 4. The number of anilines is 1. The van der Waals surface area contributed by atoms with Gasteiger partial charge in [-0.3, -0.25) is 14.3 Å². The smallest absolute Gasteiger partial charge is 0.321 e. The second kappa shape index (κ2) is 9.12. The van der Waals surface area contributed by atoms with Gasteiger partial charge in [-0.1, -0.05) is 30.3 Å². The van der Waals surface area contributed by atoms with E-state index in [-0.39, 0.29) is 17.6 Å². The second-order valence-electron chi connectivity index (χ2n) is 8.43. The lowest BCUT2D eigenvalue weighted by Gasteiger charge is -2.38. The third-order valence-corrected chi connectivity index (χ3v) is 6.44. The number of nitrogens with one attached hydrogen (secondary N) is 1. The molecule has 1 aromatic heterocycles. The molecule has 2 aromatic carbocycles. The van der Waals surface area contributed by atoms with Crippen LogP contribution in [0.2, 0.25) is 0 Å². The van der Waals surface area contributed by atoms with Gasteiger partial charge in [0, 0.05) is 38.4 Å². The number of carbonyl (C=O) groups is 1. The molecular weight excluding hydrogens is 402 g/mol. The van der Waals surface area contributed by atoms with Gasteiger partial charge in [-0.05, 0) is 51.0 Å². The van der Waals surface area contributed by atoms with E-state index in [0.29, 0.717) is 25.0 Å². The molecule has 0 bridgehead atoms. The van der Waals surface area contributed by atoms with E-state index < -0.39 is 0 Å². The maximum Gasteiger partial charge on any atom is 0.321 e. The standard InChI is InChI=1S/C25H31N5O2/c1-5-30-23(26-21-12-7-6-11-20(21)24(30)31)19(4)28-13-15-29(16-14-28)25(32)27-22-17(2)9-8-10-18(22)3/h6-12,19H,5,13-16H2,1-4H3,(H,27,32). The van der Waals surface area contributed by atoms with Gasteiger partial charge in [0.2, 0.25) is 0 Å². The van der Waals surface area contributed by atoms with E-state index in [1.165, 1.54) is 0 Å². The first-order chi connectivity index (χ1) is 15.4. The number of hydrogen-bond donors (Lipinski definition) is 1. The molecule has 0 aliphatic carbocycles. The third kappa shape index (κ3) is 4.12. The van der Waals surface area contributed by atoms with Gasteiger partial charge in [0.1, 0.15) is 5.82 Å². The highest BCUT2D eigenvalue weighted by molar-refractivity contribution is 5.91. The molecule has 168 valence electrons. The summed E-state index contributed by atoms with van der Waals surface area (Å²) in [6, 6.07) is 13.4. The lowest BCUT2D eigenvalue weighted by molar-refractivity contribution is 0.114. The van der Waals surface area contributed by atoms with Gasteiger partial charge in [-0.2, -0.15) is 0 Å². The number of piperazine rings is 1. The van der Waals surface area contributed by atoms with Crippen LogP contribution in [0.5, 0.6) is 0 Å². The summed E-state index contributed by atoms with van der Waals surface area (Å²) in [7, 11) is 0. The number of amides is 2. The van der Waals surface area contributed by atoms with Crippen LogP contribution in [-0.4, -0.2) is 51.6 Å². The van der Waals surface area contributed by atoms with Crippen LogP contribution in [0.3, 0.4) is 0 Å². The van der Waals surface area contributed by atoms with Gasteiger partial charge in [0.15, 0.2) is 0 Å². The molecule has 1 unspecified atom stereocenters. The molecule has 3 aromatic rings. The fourth-order valence-corrected chi connectivity index (χ4v) is 4.48. The number of aromatic nitrogens is 2. The first kappa shape index (κ1) is 22.0. The molecule has 1 saturated heterocycles. The van der Waals surface area contributed by atoms with E-state index >= 15 is 0 Å². The van der Waals surface area contributed by atoms with Gasteiger partial charge >= 0.3 is 6.03 Å². The second-order valence-corrected chi connectivity index (χ2v) is 8.43. The van der Waals surface area contributed by atoms with Gasteiger partial charge in [0.25, 0.3) is 5.56 Å². The Kier molecular flexibility index (Phi) is 6.28. The summed E-state index contributed by atoms with van der Waals surface area (Å²) in [6.07, 6.45) is 0. The van der Waals surface area contributed by atoms with Gasteiger partial charge < -0.3 is 10.2 Å². The van der Waals surface area contributed by atoms with E-state index in [1.807, 2.05) is 68.1 Å². The Hall–Kier alpha value is -3.19. The first-order valence-electron chi connectivity index (χ1n) is 11.3. The summed E-state index contributed by atoms with van der Waals surface area (Å²) in [6.45, 7) is 11.4. The van der Waals surface area contributed by atoms with Crippen molar-refractivity contribution in [3.05, 3.63) is 69.8 Å². The van der Waals surface area contributed by atoms with Crippen molar-refractivity contribution in [2.24, 2.45) is 0 Å². The van der Waals surface area contributed by atoms with Crippen LogP contribution in [0.1, 0.15) is 36.8 Å². The summed E-state index contributed by atoms with van der Waals surface area (Å²) < 4.78 is 1.77. The largest absolute Gasteiger partial charge is 0.322 e. The molecule has 4 rings (SSSR count). The minimum absolute atomic E-state index is 0.00608. The molecule has 1 atom stereocenters. The summed E-state index contributed by atoms with van der Waals surface area (Å²) in [5.74, 6) is 0.782. The number of para-hydroxylation sites is 2. The number of aryl methyl sites for hydroxylation is 2. The average molecular weight is 434 g/mol. The molecule has 0 saturated carbocycles. The first-order valence-corrected chi connectivity index (χ1v) is 11.3. The predicted octanol–water partition coefficient (Wildman–Crippen LogP) is 3.94. The lowest BCUT2D eigenvalue weighted by Crippen LogP contribution is -2.51. The number of nitrogens with zero attached hydrogens (tertiary/aromatic N) is 4. The van der Waals surface area contributed by atoms with Crippen LogP contribution in [0.25, 0.3) is 10.9 Å². The van der Waals surface area contributed by atoms with Crippen molar-refractivity contribution in [2.45, 2.75) is 40.3 Å². The van der Waals surface area contributed by atoms with Crippen molar-refractivity contribution in [2.75, 3.05) is 31.5 Å². The number of fused-ring (bicyclic) bond motifs is 1. The van der Waals surface area contributed by atoms with Crippen molar-refractivity contribution in [1.29, 1.82) is 0 Å². The summed E-state index contributed by atoms with van der Waals surface area (Å²) in [5, 5.41) is 3.73. The lowest BCUT2D eigenvalue weighted by atomic mass is 10.1. The zero-order valence-electron chi connectivity index (χ0n) is 19.3. The number of carbonyl (C=O) groups excluding carboxylic acids is 1. The Morgan fingerprint density at radius 3 is 2.34 bits per heavy atom. The topological polar surface area (TPSA) is 70.5 Å². The molecule has 32 heavy (non-hydrogen) atoms. The molecule has 1 fully saturated rings. The number of urea groups is 1. The fraction of sp³-hybridized carbons (Fsp3) is 0.400. The predicted molar refractivity (Wildman–Crippen MR) is 128 cm³/mol. The van der Waals surface area contributed by atoms with Gasteiger partial charge in [-0.15, -0.1) is 0 Å². The normalized spacial score (nSPS) is 15.7. The quantitative estimate of drug-likeness (QED) is 0.677.